The first-order valence-electron chi connectivity index (χ1n) is 7.21. The number of benzene rings is 1. The number of rotatable bonds is 6. The van der Waals surface area contributed by atoms with E-state index in [0.717, 1.165) is 5.56 Å². The summed E-state index contributed by atoms with van der Waals surface area (Å²) in [6.07, 6.45) is 1.63. The van der Waals surface area contributed by atoms with Crippen molar-refractivity contribution in [3.05, 3.63) is 54.2 Å². The predicted octanol–water partition coefficient (Wildman–Crippen LogP) is 1.97. The Morgan fingerprint density at radius 2 is 1.96 bits per heavy atom. The zero-order valence-electron chi connectivity index (χ0n) is 13.2. The fourth-order valence-corrected chi connectivity index (χ4v) is 1.81. The maximum Gasteiger partial charge on any atom is 0.239 e. The van der Waals surface area contributed by atoms with Crippen LogP contribution in [0.15, 0.2) is 48.7 Å². The van der Waals surface area contributed by atoms with Gasteiger partial charge in [0.05, 0.1) is 6.54 Å². The summed E-state index contributed by atoms with van der Waals surface area (Å²) in [5.74, 6) is 0.792. The standard InChI is InChI=1S/C17H19N3O3/c1-13(21)20(2)12-16(22)19-11-14-8-9-18-17(10-14)23-15-6-4-3-5-7-15/h3-10H,11-12H2,1-2H3,(H,19,22). The van der Waals surface area contributed by atoms with Crippen molar-refractivity contribution in [2.75, 3.05) is 13.6 Å². The van der Waals surface area contributed by atoms with Crippen molar-refractivity contribution in [2.45, 2.75) is 13.5 Å². The van der Waals surface area contributed by atoms with Gasteiger partial charge in [-0.15, -0.1) is 0 Å². The summed E-state index contributed by atoms with van der Waals surface area (Å²) in [7, 11) is 1.58. The van der Waals surface area contributed by atoms with Gasteiger partial charge in [0.2, 0.25) is 17.7 Å². The molecule has 0 aliphatic heterocycles. The van der Waals surface area contributed by atoms with Gasteiger partial charge in [-0.05, 0) is 23.8 Å². The van der Waals surface area contributed by atoms with Crippen LogP contribution in [-0.2, 0) is 16.1 Å². The minimum absolute atomic E-state index is 0.0355. The molecule has 0 aliphatic rings. The number of pyridine rings is 1. The van der Waals surface area contributed by atoms with Crippen molar-refractivity contribution in [3.8, 4) is 11.6 Å². The van der Waals surface area contributed by atoms with Crippen LogP contribution in [-0.4, -0.2) is 35.3 Å². The lowest BCUT2D eigenvalue weighted by atomic mass is 10.2. The van der Waals surface area contributed by atoms with Gasteiger partial charge < -0.3 is 15.0 Å². The molecule has 23 heavy (non-hydrogen) atoms. The third-order valence-corrected chi connectivity index (χ3v) is 3.17. The number of hydrogen-bond acceptors (Lipinski definition) is 4. The Hall–Kier alpha value is -2.89. The van der Waals surface area contributed by atoms with Crippen molar-refractivity contribution in [3.63, 3.8) is 0 Å². The summed E-state index contributed by atoms with van der Waals surface area (Å²) in [4.78, 5) is 28.3. The Bertz CT molecular complexity index is 674. The monoisotopic (exact) mass is 313 g/mol. The topological polar surface area (TPSA) is 71.5 Å². The number of ether oxygens (including phenoxy) is 1. The first-order chi connectivity index (χ1) is 11.0. The van der Waals surface area contributed by atoms with Crippen LogP contribution in [0, 0.1) is 0 Å². The number of para-hydroxylation sites is 1. The zero-order chi connectivity index (χ0) is 16.7. The van der Waals surface area contributed by atoms with Crippen molar-refractivity contribution >= 4 is 11.8 Å². The van der Waals surface area contributed by atoms with E-state index in [1.54, 1.807) is 25.4 Å². The maximum atomic E-state index is 11.8. The van der Waals surface area contributed by atoms with Crippen molar-refractivity contribution < 1.29 is 14.3 Å². The molecule has 6 nitrogen and oxygen atoms in total. The highest BCUT2D eigenvalue weighted by atomic mass is 16.5. The third-order valence-electron chi connectivity index (χ3n) is 3.17. The fourth-order valence-electron chi connectivity index (χ4n) is 1.81. The lowest BCUT2D eigenvalue weighted by molar-refractivity contribution is -0.133. The van der Waals surface area contributed by atoms with Gasteiger partial charge in [0.25, 0.3) is 0 Å². The number of aromatic nitrogens is 1. The van der Waals surface area contributed by atoms with E-state index in [-0.39, 0.29) is 18.4 Å². The third kappa shape index (κ3) is 5.43. The van der Waals surface area contributed by atoms with Gasteiger partial charge in [0.15, 0.2) is 0 Å². The minimum Gasteiger partial charge on any atom is -0.439 e. The highest BCUT2D eigenvalue weighted by Gasteiger charge is 2.08. The van der Waals surface area contributed by atoms with Gasteiger partial charge in [0.1, 0.15) is 5.75 Å². The van der Waals surface area contributed by atoms with Gasteiger partial charge in [0, 0.05) is 32.8 Å². The average Bonchev–Trinajstić information content (AvgIpc) is 2.54. The minimum atomic E-state index is -0.218. The number of carbonyl (C=O) groups excluding carboxylic acids is 2. The van der Waals surface area contributed by atoms with E-state index in [1.165, 1.54) is 11.8 Å². The Kier molecular flexibility index (Phi) is 5.68. The molecule has 2 amide bonds. The summed E-state index contributed by atoms with van der Waals surface area (Å²) < 4.78 is 5.65. The van der Waals surface area contributed by atoms with Gasteiger partial charge in [-0.3, -0.25) is 9.59 Å². The van der Waals surface area contributed by atoms with Gasteiger partial charge in [-0.2, -0.15) is 0 Å². The van der Waals surface area contributed by atoms with Crippen molar-refractivity contribution in [1.29, 1.82) is 0 Å². The van der Waals surface area contributed by atoms with Crippen LogP contribution in [0.25, 0.3) is 0 Å². The van der Waals surface area contributed by atoms with E-state index in [2.05, 4.69) is 10.3 Å². The van der Waals surface area contributed by atoms with Crippen LogP contribution in [0.2, 0.25) is 0 Å². The molecule has 0 saturated heterocycles. The van der Waals surface area contributed by atoms with Gasteiger partial charge in [-0.1, -0.05) is 18.2 Å². The van der Waals surface area contributed by atoms with E-state index >= 15 is 0 Å². The molecule has 1 heterocycles. The lowest BCUT2D eigenvalue weighted by Gasteiger charge is -2.14. The van der Waals surface area contributed by atoms with Crippen LogP contribution in [0.3, 0.4) is 0 Å². The molecule has 0 bridgehead atoms. The van der Waals surface area contributed by atoms with Crippen LogP contribution in [0.5, 0.6) is 11.6 Å². The predicted molar refractivity (Wildman–Crippen MR) is 85.9 cm³/mol. The molecule has 2 rings (SSSR count). The number of hydrogen-bond donors (Lipinski definition) is 1. The summed E-state index contributed by atoms with van der Waals surface area (Å²) >= 11 is 0. The molecule has 0 spiro atoms. The number of nitrogens with one attached hydrogen (secondary N) is 1. The number of carbonyl (C=O) groups is 2. The highest BCUT2D eigenvalue weighted by molar-refractivity contribution is 5.83. The Labute approximate surface area is 135 Å². The maximum absolute atomic E-state index is 11.8. The second-order valence-electron chi connectivity index (χ2n) is 5.07. The molecule has 1 aromatic heterocycles. The molecule has 0 radical (unpaired) electrons. The number of nitrogens with zero attached hydrogens (tertiary/aromatic N) is 2. The smallest absolute Gasteiger partial charge is 0.239 e. The Morgan fingerprint density at radius 1 is 1.22 bits per heavy atom. The highest BCUT2D eigenvalue weighted by Crippen LogP contribution is 2.19. The van der Waals surface area contributed by atoms with E-state index in [9.17, 15) is 9.59 Å². The Morgan fingerprint density at radius 3 is 2.65 bits per heavy atom. The lowest BCUT2D eigenvalue weighted by Crippen LogP contribution is -2.36. The van der Waals surface area contributed by atoms with E-state index < -0.39 is 0 Å². The molecule has 0 saturated carbocycles. The van der Waals surface area contributed by atoms with E-state index in [4.69, 9.17) is 4.74 Å². The molecule has 6 heteroatoms. The second kappa shape index (κ2) is 7.93. The van der Waals surface area contributed by atoms with Crippen LogP contribution >= 0.6 is 0 Å². The summed E-state index contributed by atoms with van der Waals surface area (Å²) in [6, 6.07) is 12.9. The summed E-state index contributed by atoms with van der Waals surface area (Å²) in [6.45, 7) is 1.80. The SMILES string of the molecule is CC(=O)N(C)CC(=O)NCc1ccnc(Oc2ccccc2)c1. The molecule has 1 N–H and O–H groups in total. The second-order valence-corrected chi connectivity index (χ2v) is 5.07. The van der Waals surface area contributed by atoms with Crippen LogP contribution in [0.4, 0.5) is 0 Å². The molecular weight excluding hydrogens is 294 g/mol. The van der Waals surface area contributed by atoms with E-state index in [0.29, 0.717) is 18.2 Å². The summed E-state index contributed by atoms with van der Waals surface area (Å²) in [5.41, 5.74) is 0.866. The largest absolute Gasteiger partial charge is 0.439 e. The molecule has 0 unspecified atom stereocenters. The van der Waals surface area contributed by atoms with Crippen molar-refractivity contribution in [1.82, 2.24) is 15.2 Å². The molecule has 0 atom stereocenters. The zero-order valence-corrected chi connectivity index (χ0v) is 13.2. The molecule has 120 valence electrons. The average molecular weight is 313 g/mol. The first kappa shape index (κ1) is 16.5. The Balaban J connectivity index is 1.90. The summed E-state index contributed by atoms with van der Waals surface area (Å²) in [5, 5.41) is 2.76. The van der Waals surface area contributed by atoms with E-state index in [1.807, 2.05) is 30.3 Å². The van der Waals surface area contributed by atoms with Crippen molar-refractivity contribution in [2.24, 2.45) is 0 Å². The normalized spacial score (nSPS) is 10.0. The van der Waals surface area contributed by atoms with Gasteiger partial charge >= 0.3 is 0 Å². The van der Waals surface area contributed by atoms with Crippen LogP contribution < -0.4 is 10.1 Å². The quantitative estimate of drug-likeness (QED) is 0.885. The molecular formula is C17H19N3O3. The van der Waals surface area contributed by atoms with Crippen LogP contribution in [0.1, 0.15) is 12.5 Å². The fraction of sp³-hybridized carbons (Fsp3) is 0.235. The van der Waals surface area contributed by atoms with Gasteiger partial charge in [-0.25, -0.2) is 4.98 Å². The molecule has 0 fully saturated rings. The first-order valence-corrected chi connectivity index (χ1v) is 7.21. The number of amides is 2. The molecule has 1 aromatic carbocycles. The molecule has 2 aromatic rings. The molecule has 0 aliphatic carbocycles. The number of likely N-dealkylation sites (N-methyl/N-ethyl adjacent to an activating group) is 1.